The summed E-state index contributed by atoms with van der Waals surface area (Å²) in [5.74, 6) is -0.484. The molecule has 0 aromatic heterocycles. The molecule has 1 atom stereocenters. The van der Waals surface area contributed by atoms with Gasteiger partial charge in [-0.05, 0) is 29.8 Å². The quantitative estimate of drug-likeness (QED) is 0.419. The van der Waals surface area contributed by atoms with E-state index in [1.165, 1.54) is 0 Å². The van der Waals surface area contributed by atoms with Crippen molar-refractivity contribution in [1.82, 2.24) is 5.32 Å². The molecule has 0 saturated heterocycles. The molecule has 1 amide bonds. The summed E-state index contributed by atoms with van der Waals surface area (Å²) < 4.78 is 0. The molecule has 0 aliphatic rings. The highest BCUT2D eigenvalue weighted by Gasteiger charge is 2.46. The van der Waals surface area contributed by atoms with E-state index in [0.717, 1.165) is 5.56 Å². The van der Waals surface area contributed by atoms with Crippen molar-refractivity contribution in [3.05, 3.63) is 118 Å². The van der Waals surface area contributed by atoms with Crippen LogP contribution in [-0.4, -0.2) is 10.8 Å². The molecule has 3 aromatic carbocycles. The molecule has 0 radical (unpaired) electrons. The van der Waals surface area contributed by atoms with Gasteiger partial charge in [-0.1, -0.05) is 66.7 Å². The first-order chi connectivity index (χ1) is 12.6. The fraction of sp³-hybridized carbons (Fsp3) is 0.0952. The van der Waals surface area contributed by atoms with Gasteiger partial charge in [-0.15, -0.1) is 0 Å². The molecule has 0 fully saturated rings. The molecule has 0 bridgehead atoms. The molecule has 0 spiro atoms. The van der Waals surface area contributed by atoms with Gasteiger partial charge in [0.1, 0.15) is 0 Å². The van der Waals surface area contributed by atoms with E-state index in [0.29, 0.717) is 11.1 Å². The van der Waals surface area contributed by atoms with Crippen LogP contribution in [0.5, 0.6) is 0 Å². The van der Waals surface area contributed by atoms with Gasteiger partial charge in [0, 0.05) is 5.56 Å². The summed E-state index contributed by atoms with van der Waals surface area (Å²) in [5, 5.41) is 14.9. The highest BCUT2D eigenvalue weighted by Crippen LogP contribution is 2.27. The predicted molar refractivity (Wildman–Crippen MR) is 99.2 cm³/mol. The van der Waals surface area contributed by atoms with Crippen LogP contribution in [0.2, 0.25) is 0 Å². The van der Waals surface area contributed by atoms with Crippen LogP contribution >= 0.6 is 0 Å². The molecule has 5 heteroatoms. The topological polar surface area (TPSA) is 72.2 Å². The van der Waals surface area contributed by atoms with E-state index in [2.05, 4.69) is 5.32 Å². The van der Waals surface area contributed by atoms with Crippen molar-refractivity contribution in [3.63, 3.8) is 0 Å². The minimum absolute atomic E-state index is 0.0451. The normalized spacial score (nSPS) is 12.8. The van der Waals surface area contributed by atoms with Crippen LogP contribution in [0.3, 0.4) is 0 Å². The predicted octanol–water partition coefficient (Wildman–Crippen LogP) is 3.79. The maximum absolute atomic E-state index is 12.7. The maximum atomic E-state index is 12.7. The van der Waals surface area contributed by atoms with E-state index < -0.39 is 16.5 Å². The van der Waals surface area contributed by atoms with E-state index in [1.807, 2.05) is 30.3 Å². The lowest BCUT2D eigenvalue weighted by molar-refractivity contribution is -0.585. The third kappa shape index (κ3) is 3.62. The number of nitro groups is 1. The molecule has 0 heterocycles. The van der Waals surface area contributed by atoms with Gasteiger partial charge in [-0.25, -0.2) is 0 Å². The van der Waals surface area contributed by atoms with Crippen LogP contribution in [0, 0.1) is 10.1 Å². The van der Waals surface area contributed by atoms with Crippen molar-refractivity contribution in [2.75, 3.05) is 0 Å². The molecule has 26 heavy (non-hydrogen) atoms. The first kappa shape index (κ1) is 17.4. The number of carbonyl (C=O) groups is 1. The first-order valence-electron chi connectivity index (χ1n) is 8.23. The van der Waals surface area contributed by atoms with Crippen LogP contribution in [0.1, 0.15) is 21.5 Å². The van der Waals surface area contributed by atoms with Crippen molar-refractivity contribution in [2.45, 2.75) is 12.1 Å². The highest BCUT2D eigenvalue weighted by atomic mass is 16.6. The first-order valence-corrected chi connectivity index (χ1v) is 8.23. The molecule has 5 nitrogen and oxygen atoms in total. The van der Waals surface area contributed by atoms with Gasteiger partial charge in [-0.3, -0.25) is 20.2 Å². The molecular formula is C21H18N2O3. The summed E-state index contributed by atoms with van der Waals surface area (Å²) in [6, 6.07) is 26.2. The second kappa shape index (κ2) is 7.61. The third-order valence-electron chi connectivity index (χ3n) is 4.22. The fourth-order valence-electron chi connectivity index (χ4n) is 2.89. The molecular weight excluding hydrogens is 328 g/mol. The number of nitrogens with zero attached hydrogens (tertiary/aromatic N) is 1. The molecule has 3 aromatic rings. The zero-order chi connectivity index (χ0) is 18.4. The average Bonchev–Trinajstić information content (AvgIpc) is 2.69. The fourth-order valence-corrected chi connectivity index (χ4v) is 2.89. The van der Waals surface area contributed by atoms with Gasteiger partial charge in [0.05, 0.1) is 16.9 Å². The Hall–Kier alpha value is -3.47. The molecule has 1 unspecified atom stereocenters. The third-order valence-corrected chi connectivity index (χ3v) is 4.22. The summed E-state index contributed by atoms with van der Waals surface area (Å²) in [4.78, 5) is 24.5. The lowest BCUT2D eigenvalue weighted by atomic mass is 9.91. The number of carbonyl (C=O) groups excluding carboxylic acids is 1. The van der Waals surface area contributed by atoms with Gasteiger partial charge in [-0.2, -0.15) is 0 Å². The van der Waals surface area contributed by atoms with Gasteiger partial charge < -0.3 is 0 Å². The molecule has 130 valence electrons. The summed E-state index contributed by atoms with van der Waals surface area (Å²) in [6.07, 6.45) is 0.0451. The van der Waals surface area contributed by atoms with Crippen molar-refractivity contribution >= 4 is 5.91 Å². The second-order valence-electron chi connectivity index (χ2n) is 5.97. The van der Waals surface area contributed by atoms with Crippen molar-refractivity contribution in [3.8, 4) is 0 Å². The summed E-state index contributed by atoms with van der Waals surface area (Å²) in [6.45, 7) is 0. The van der Waals surface area contributed by atoms with Crippen LogP contribution in [0.4, 0.5) is 0 Å². The monoisotopic (exact) mass is 346 g/mol. The zero-order valence-electron chi connectivity index (χ0n) is 14.0. The lowest BCUT2D eigenvalue weighted by Crippen LogP contribution is -2.53. The number of hydrogen-bond donors (Lipinski definition) is 1. The number of benzene rings is 3. The smallest absolute Gasteiger partial charge is 0.283 e. The largest absolute Gasteiger partial charge is 0.326 e. The summed E-state index contributed by atoms with van der Waals surface area (Å²) >= 11 is 0. The minimum atomic E-state index is -1.75. The minimum Gasteiger partial charge on any atom is -0.283 e. The Labute approximate surface area is 151 Å². The van der Waals surface area contributed by atoms with E-state index in [-0.39, 0.29) is 6.42 Å². The number of nitrogens with one attached hydrogen (secondary N) is 1. The van der Waals surface area contributed by atoms with E-state index in [4.69, 9.17) is 0 Å². The molecule has 3 rings (SSSR count). The Bertz CT molecular complexity index is 883. The summed E-state index contributed by atoms with van der Waals surface area (Å²) in [5.41, 5.74) is -0.183. The van der Waals surface area contributed by atoms with E-state index >= 15 is 0 Å². The van der Waals surface area contributed by atoms with Gasteiger partial charge in [0.25, 0.3) is 5.91 Å². The van der Waals surface area contributed by atoms with Crippen molar-refractivity contribution in [1.29, 1.82) is 0 Å². The molecule has 0 aliphatic heterocycles. The highest BCUT2D eigenvalue weighted by molar-refractivity contribution is 5.94. The standard InChI is InChI=1S/C21H18N2O3/c24-20(18-12-6-2-7-13-18)22-21(23(25)26,19-14-8-3-9-15-19)16-17-10-4-1-5-11-17/h1-15H,16H2,(H,22,24). The number of hydrogen-bond acceptors (Lipinski definition) is 3. The Balaban J connectivity index is 2.05. The lowest BCUT2D eigenvalue weighted by Gasteiger charge is -2.27. The van der Waals surface area contributed by atoms with Crippen LogP contribution in [0.15, 0.2) is 91.0 Å². The van der Waals surface area contributed by atoms with Crippen LogP contribution in [-0.2, 0) is 12.1 Å². The maximum Gasteiger partial charge on any atom is 0.326 e. The van der Waals surface area contributed by atoms with Gasteiger partial charge in [0.15, 0.2) is 0 Å². The van der Waals surface area contributed by atoms with Crippen LogP contribution in [0.25, 0.3) is 0 Å². The van der Waals surface area contributed by atoms with Crippen LogP contribution < -0.4 is 5.32 Å². The zero-order valence-corrected chi connectivity index (χ0v) is 14.0. The Kier molecular flexibility index (Phi) is 5.08. The number of rotatable bonds is 6. The average molecular weight is 346 g/mol. The molecule has 1 N–H and O–H groups in total. The van der Waals surface area contributed by atoms with E-state index in [9.17, 15) is 14.9 Å². The van der Waals surface area contributed by atoms with Gasteiger partial charge in [0.2, 0.25) is 0 Å². The Morgan fingerprint density at radius 1 is 0.846 bits per heavy atom. The Morgan fingerprint density at radius 2 is 1.35 bits per heavy atom. The van der Waals surface area contributed by atoms with Crippen molar-refractivity contribution in [2.24, 2.45) is 0 Å². The van der Waals surface area contributed by atoms with E-state index in [1.54, 1.807) is 60.7 Å². The Morgan fingerprint density at radius 3 is 1.88 bits per heavy atom. The van der Waals surface area contributed by atoms with Crippen molar-refractivity contribution < 1.29 is 9.72 Å². The number of amides is 1. The SMILES string of the molecule is O=C(NC(Cc1ccccc1)(c1ccccc1)[N+](=O)[O-])c1ccccc1. The molecule has 0 aliphatic carbocycles. The molecule has 0 saturated carbocycles. The summed E-state index contributed by atoms with van der Waals surface area (Å²) in [7, 11) is 0. The van der Waals surface area contributed by atoms with Gasteiger partial charge >= 0.3 is 5.66 Å². The second-order valence-corrected chi connectivity index (χ2v) is 5.97.